The Balaban J connectivity index is 1.86. The lowest BCUT2D eigenvalue weighted by Crippen LogP contribution is -2.36. The highest BCUT2D eigenvalue weighted by Gasteiger charge is 2.16. The molecule has 0 aliphatic rings. The van der Waals surface area contributed by atoms with Gasteiger partial charge in [0.25, 0.3) is 0 Å². The van der Waals surface area contributed by atoms with Crippen LogP contribution in [0.5, 0.6) is 0 Å². The number of hydrogen-bond donors (Lipinski definition) is 2. The third kappa shape index (κ3) is 4.37. The Kier molecular flexibility index (Phi) is 6.00. The number of carbonyl (C=O) groups excluding carboxylic acids is 1. The zero-order chi connectivity index (χ0) is 17.7. The fourth-order valence-corrected chi connectivity index (χ4v) is 2.85. The predicted octanol–water partition coefficient (Wildman–Crippen LogP) is 3.18. The van der Waals surface area contributed by atoms with Crippen LogP contribution in [0.3, 0.4) is 0 Å². The van der Waals surface area contributed by atoms with Crippen LogP contribution in [0.15, 0.2) is 16.8 Å². The fourth-order valence-electron chi connectivity index (χ4n) is 2.85. The summed E-state index contributed by atoms with van der Waals surface area (Å²) in [5, 5.41) is 14.1. The second-order valence-electron chi connectivity index (χ2n) is 6.12. The Hall–Kier alpha value is -2.31. The van der Waals surface area contributed by atoms with E-state index < -0.39 is 0 Å². The SMILES string of the molecule is CCC(CC)c1cc(CNC(=O)N[C@@H](C)c2cn(C)nc2C)on1. The fraction of sp³-hybridized carbons (Fsp3) is 0.588. The van der Waals surface area contributed by atoms with Crippen LogP contribution < -0.4 is 10.6 Å². The van der Waals surface area contributed by atoms with E-state index in [0.717, 1.165) is 29.8 Å². The van der Waals surface area contributed by atoms with E-state index in [9.17, 15) is 4.79 Å². The molecule has 2 amide bonds. The molecular formula is C17H27N5O2. The van der Waals surface area contributed by atoms with Crippen molar-refractivity contribution < 1.29 is 9.32 Å². The summed E-state index contributed by atoms with van der Waals surface area (Å²) < 4.78 is 7.05. The van der Waals surface area contributed by atoms with Gasteiger partial charge >= 0.3 is 6.03 Å². The maximum Gasteiger partial charge on any atom is 0.315 e. The smallest absolute Gasteiger partial charge is 0.315 e. The van der Waals surface area contributed by atoms with E-state index in [2.05, 4.69) is 34.7 Å². The summed E-state index contributed by atoms with van der Waals surface area (Å²) in [7, 11) is 1.87. The maximum absolute atomic E-state index is 12.1. The van der Waals surface area contributed by atoms with E-state index in [1.165, 1.54) is 0 Å². The summed E-state index contributed by atoms with van der Waals surface area (Å²) in [4.78, 5) is 12.1. The molecular weight excluding hydrogens is 306 g/mol. The van der Waals surface area contributed by atoms with Gasteiger partial charge in [-0.15, -0.1) is 0 Å². The summed E-state index contributed by atoms with van der Waals surface area (Å²) in [6.45, 7) is 8.45. The van der Waals surface area contributed by atoms with Crippen molar-refractivity contribution in [3.63, 3.8) is 0 Å². The number of aromatic nitrogens is 3. The van der Waals surface area contributed by atoms with E-state index in [1.807, 2.05) is 33.2 Å². The minimum atomic E-state index is -0.244. The van der Waals surface area contributed by atoms with Gasteiger partial charge < -0.3 is 15.2 Å². The molecule has 0 bridgehead atoms. The molecule has 2 aromatic heterocycles. The van der Waals surface area contributed by atoms with Crippen molar-refractivity contribution in [1.82, 2.24) is 25.6 Å². The van der Waals surface area contributed by atoms with Gasteiger partial charge in [0.2, 0.25) is 0 Å². The maximum atomic E-state index is 12.1. The van der Waals surface area contributed by atoms with E-state index in [0.29, 0.717) is 18.2 Å². The van der Waals surface area contributed by atoms with Gasteiger partial charge in [0.15, 0.2) is 5.76 Å². The van der Waals surface area contributed by atoms with Gasteiger partial charge in [-0.25, -0.2) is 4.79 Å². The molecule has 7 nitrogen and oxygen atoms in total. The highest BCUT2D eigenvalue weighted by molar-refractivity contribution is 5.74. The molecule has 24 heavy (non-hydrogen) atoms. The highest BCUT2D eigenvalue weighted by Crippen LogP contribution is 2.22. The number of amides is 2. The van der Waals surface area contributed by atoms with Gasteiger partial charge in [0.1, 0.15) is 0 Å². The van der Waals surface area contributed by atoms with Crippen LogP contribution in [0, 0.1) is 6.92 Å². The number of nitrogens with zero attached hydrogens (tertiary/aromatic N) is 3. The summed E-state index contributed by atoms with van der Waals surface area (Å²) in [6, 6.07) is 1.56. The van der Waals surface area contributed by atoms with Crippen LogP contribution in [0.1, 0.15) is 68.3 Å². The molecule has 0 aliphatic carbocycles. The zero-order valence-corrected chi connectivity index (χ0v) is 15.1. The molecule has 0 aliphatic heterocycles. The minimum absolute atomic E-state index is 0.117. The van der Waals surface area contributed by atoms with Crippen molar-refractivity contribution in [2.24, 2.45) is 7.05 Å². The van der Waals surface area contributed by atoms with E-state index in [-0.39, 0.29) is 12.1 Å². The van der Waals surface area contributed by atoms with Gasteiger partial charge in [0.05, 0.1) is 24.0 Å². The Morgan fingerprint density at radius 3 is 2.67 bits per heavy atom. The normalized spacial score (nSPS) is 12.4. The lowest BCUT2D eigenvalue weighted by molar-refractivity contribution is 0.235. The summed E-state index contributed by atoms with van der Waals surface area (Å²) in [6.07, 6.45) is 3.97. The molecule has 0 saturated heterocycles. The Labute approximate surface area is 142 Å². The number of hydrogen-bond acceptors (Lipinski definition) is 4. The molecule has 0 spiro atoms. The predicted molar refractivity (Wildman–Crippen MR) is 91.6 cm³/mol. The van der Waals surface area contributed by atoms with Crippen LogP contribution in [-0.4, -0.2) is 21.0 Å². The molecule has 2 aromatic rings. The molecule has 0 radical (unpaired) electrons. The number of carbonyl (C=O) groups is 1. The van der Waals surface area contributed by atoms with Crippen LogP contribution in [-0.2, 0) is 13.6 Å². The van der Waals surface area contributed by atoms with Crippen molar-refractivity contribution in [3.05, 3.63) is 35.0 Å². The van der Waals surface area contributed by atoms with Crippen LogP contribution >= 0.6 is 0 Å². The first-order chi connectivity index (χ1) is 11.4. The van der Waals surface area contributed by atoms with Crippen LogP contribution in [0.25, 0.3) is 0 Å². The van der Waals surface area contributed by atoms with Crippen molar-refractivity contribution in [3.8, 4) is 0 Å². The van der Waals surface area contributed by atoms with Crippen molar-refractivity contribution >= 4 is 6.03 Å². The Morgan fingerprint density at radius 2 is 2.08 bits per heavy atom. The first-order valence-corrected chi connectivity index (χ1v) is 8.44. The van der Waals surface area contributed by atoms with Gasteiger partial charge in [-0.2, -0.15) is 5.10 Å². The molecule has 1 atom stereocenters. The average molecular weight is 333 g/mol. The quantitative estimate of drug-likeness (QED) is 0.815. The topological polar surface area (TPSA) is 85.0 Å². The molecule has 0 fully saturated rings. The number of nitrogens with one attached hydrogen (secondary N) is 2. The van der Waals surface area contributed by atoms with Gasteiger partial charge in [-0.1, -0.05) is 19.0 Å². The third-order valence-corrected chi connectivity index (χ3v) is 4.27. The van der Waals surface area contributed by atoms with E-state index in [4.69, 9.17) is 4.52 Å². The first kappa shape index (κ1) is 18.0. The third-order valence-electron chi connectivity index (χ3n) is 4.27. The largest absolute Gasteiger partial charge is 0.359 e. The average Bonchev–Trinajstić information content (AvgIpc) is 3.13. The second-order valence-corrected chi connectivity index (χ2v) is 6.12. The molecule has 0 saturated carbocycles. The van der Waals surface area contributed by atoms with Crippen molar-refractivity contribution in [1.29, 1.82) is 0 Å². The van der Waals surface area contributed by atoms with Crippen LogP contribution in [0.2, 0.25) is 0 Å². The highest BCUT2D eigenvalue weighted by atomic mass is 16.5. The van der Waals surface area contributed by atoms with Crippen molar-refractivity contribution in [2.75, 3.05) is 0 Å². The van der Waals surface area contributed by atoms with Crippen LogP contribution in [0.4, 0.5) is 4.79 Å². The van der Waals surface area contributed by atoms with Gasteiger partial charge in [0, 0.05) is 30.8 Å². The zero-order valence-electron chi connectivity index (χ0n) is 15.1. The standard InChI is InChI=1S/C17H27N5O2/c1-6-13(7-2)16-8-14(24-21-16)9-18-17(23)19-11(3)15-10-22(5)20-12(15)4/h8,10-11,13H,6-7,9H2,1-5H3,(H2,18,19,23)/t11-/m0/s1. The molecule has 7 heteroatoms. The van der Waals surface area contributed by atoms with Crippen molar-refractivity contribution in [2.45, 2.75) is 59.0 Å². The second kappa shape index (κ2) is 7.99. The molecule has 2 rings (SSSR count). The lowest BCUT2D eigenvalue weighted by Gasteiger charge is -2.13. The van der Waals surface area contributed by atoms with E-state index >= 15 is 0 Å². The number of urea groups is 1. The number of rotatable bonds is 7. The molecule has 2 N–H and O–H groups in total. The monoisotopic (exact) mass is 333 g/mol. The molecule has 0 aromatic carbocycles. The Bertz CT molecular complexity index is 672. The summed E-state index contributed by atoms with van der Waals surface area (Å²) >= 11 is 0. The Morgan fingerprint density at radius 1 is 1.38 bits per heavy atom. The minimum Gasteiger partial charge on any atom is -0.359 e. The molecule has 2 heterocycles. The first-order valence-electron chi connectivity index (χ1n) is 8.44. The molecule has 0 unspecified atom stereocenters. The molecule has 132 valence electrons. The summed E-state index contributed by atoms with van der Waals surface area (Å²) in [5.41, 5.74) is 2.87. The summed E-state index contributed by atoms with van der Waals surface area (Å²) in [5.74, 6) is 1.07. The van der Waals surface area contributed by atoms with E-state index in [1.54, 1.807) is 4.68 Å². The number of aryl methyl sites for hydroxylation is 2. The lowest BCUT2D eigenvalue weighted by atomic mass is 9.99. The van der Waals surface area contributed by atoms with Gasteiger partial charge in [-0.05, 0) is 26.7 Å². The van der Waals surface area contributed by atoms with Gasteiger partial charge in [-0.3, -0.25) is 4.68 Å².